The quantitative estimate of drug-likeness (QED) is 0.644. The van der Waals surface area contributed by atoms with Gasteiger partial charge in [0.05, 0.1) is 24.6 Å². The van der Waals surface area contributed by atoms with Crippen molar-refractivity contribution in [1.29, 1.82) is 0 Å². The van der Waals surface area contributed by atoms with Crippen LogP contribution in [0, 0.1) is 0 Å². The maximum absolute atomic E-state index is 12.4. The fourth-order valence-electron chi connectivity index (χ4n) is 3.64. The third-order valence-electron chi connectivity index (χ3n) is 5.22. The van der Waals surface area contributed by atoms with Gasteiger partial charge in [0, 0.05) is 48.9 Å². The molecule has 0 radical (unpaired) electrons. The van der Waals surface area contributed by atoms with Gasteiger partial charge in [0.1, 0.15) is 5.52 Å². The van der Waals surface area contributed by atoms with Gasteiger partial charge >= 0.3 is 0 Å². The van der Waals surface area contributed by atoms with Gasteiger partial charge in [-0.2, -0.15) is 5.10 Å². The summed E-state index contributed by atoms with van der Waals surface area (Å²) in [6.45, 7) is 6.95. The number of nitrogens with one attached hydrogen (secondary N) is 2. The van der Waals surface area contributed by atoms with Gasteiger partial charge < -0.3 is 15.2 Å². The molecule has 1 aliphatic rings. The number of aromatic amines is 1. The number of hydrogen-bond acceptors (Lipinski definition) is 5. The molecule has 0 aliphatic carbocycles. The highest BCUT2D eigenvalue weighted by Crippen LogP contribution is 2.24. The Morgan fingerprint density at radius 1 is 1.28 bits per heavy atom. The smallest absolute Gasteiger partial charge is 0.241 e. The van der Waals surface area contributed by atoms with E-state index in [-0.39, 0.29) is 12.5 Å². The number of carbonyl (C=O) groups is 1. The molecule has 29 heavy (non-hydrogen) atoms. The summed E-state index contributed by atoms with van der Waals surface area (Å²) in [5.74, 6) is 0.142. The van der Waals surface area contributed by atoms with Crippen molar-refractivity contribution >= 4 is 22.8 Å². The zero-order chi connectivity index (χ0) is 20.2. The Hall–Kier alpha value is -3.16. The topological polar surface area (TPSA) is 91.7 Å². The zero-order valence-corrected chi connectivity index (χ0v) is 17.0. The molecular weight excluding hydrogens is 366 g/mol. The standard InChI is InChI=1S/C21H27N7O/c1-3-7-17(22-13-19(29)27-8-5-6-9-27)16-11-23-21-20(16)26-18(12-24-21)15-10-25-28(4-2)14-15/h7,10-12,14,22H,3-6,8-9,13H2,1-2H3,(H,23,24)/b17-7+. The summed E-state index contributed by atoms with van der Waals surface area (Å²) in [4.78, 5) is 26.9. The monoisotopic (exact) mass is 393 g/mol. The van der Waals surface area contributed by atoms with E-state index in [0.717, 1.165) is 72.6 Å². The molecule has 0 bridgehead atoms. The van der Waals surface area contributed by atoms with Crippen LogP contribution in [0.15, 0.2) is 30.9 Å². The van der Waals surface area contributed by atoms with Gasteiger partial charge in [-0.1, -0.05) is 13.0 Å². The van der Waals surface area contributed by atoms with Crippen molar-refractivity contribution in [2.24, 2.45) is 0 Å². The number of aromatic nitrogens is 5. The normalized spacial score (nSPS) is 14.7. The van der Waals surface area contributed by atoms with Crippen molar-refractivity contribution in [2.45, 2.75) is 39.7 Å². The second kappa shape index (κ2) is 8.46. The van der Waals surface area contributed by atoms with E-state index in [9.17, 15) is 4.79 Å². The molecule has 152 valence electrons. The number of hydrogen-bond donors (Lipinski definition) is 2. The summed E-state index contributed by atoms with van der Waals surface area (Å²) in [5, 5.41) is 7.66. The molecule has 0 aromatic carbocycles. The number of fused-ring (bicyclic) bond motifs is 1. The van der Waals surface area contributed by atoms with Crippen LogP contribution in [0.3, 0.4) is 0 Å². The van der Waals surface area contributed by atoms with Crippen LogP contribution < -0.4 is 5.32 Å². The van der Waals surface area contributed by atoms with E-state index in [1.165, 1.54) is 0 Å². The average molecular weight is 393 g/mol. The first-order valence-electron chi connectivity index (χ1n) is 10.3. The lowest BCUT2D eigenvalue weighted by Gasteiger charge is -2.17. The molecule has 4 heterocycles. The van der Waals surface area contributed by atoms with Crippen molar-refractivity contribution < 1.29 is 4.79 Å². The third-order valence-corrected chi connectivity index (χ3v) is 5.22. The second-order valence-corrected chi connectivity index (χ2v) is 7.21. The van der Waals surface area contributed by atoms with E-state index in [1.54, 1.807) is 12.4 Å². The van der Waals surface area contributed by atoms with Crippen molar-refractivity contribution in [3.05, 3.63) is 36.4 Å². The Bertz CT molecular complexity index is 1030. The summed E-state index contributed by atoms with van der Waals surface area (Å²) >= 11 is 0. The fourth-order valence-corrected chi connectivity index (χ4v) is 3.64. The highest BCUT2D eigenvalue weighted by atomic mass is 16.2. The molecule has 3 aromatic rings. The summed E-state index contributed by atoms with van der Waals surface area (Å²) in [7, 11) is 0. The molecule has 0 atom stereocenters. The van der Waals surface area contributed by atoms with Crippen LogP contribution in [0.4, 0.5) is 0 Å². The minimum atomic E-state index is 0.142. The molecule has 8 nitrogen and oxygen atoms in total. The largest absolute Gasteiger partial charge is 0.376 e. The first-order valence-corrected chi connectivity index (χ1v) is 10.3. The summed E-state index contributed by atoms with van der Waals surface area (Å²) in [6, 6.07) is 0. The van der Waals surface area contributed by atoms with E-state index >= 15 is 0 Å². The SMILES string of the molecule is CC/C=C(/NCC(=O)N1CCCC1)c1c[nH]c2ncc(-c3cnn(CC)c3)nc12. The lowest BCUT2D eigenvalue weighted by atomic mass is 10.2. The van der Waals surface area contributed by atoms with E-state index < -0.39 is 0 Å². The van der Waals surface area contributed by atoms with Gasteiger partial charge in [0.25, 0.3) is 0 Å². The van der Waals surface area contributed by atoms with Gasteiger partial charge in [-0.15, -0.1) is 0 Å². The number of allylic oxidation sites excluding steroid dienone is 1. The van der Waals surface area contributed by atoms with Gasteiger partial charge in [-0.3, -0.25) is 9.48 Å². The fraction of sp³-hybridized carbons (Fsp3) is 0.429. The number of H-pyrrole nitrogens is 1. The molecular formula is C21H27N7O. The molecule has 4 rings (SSSR count). The van der Waals surface area contributed by atoms with Crippen molar-refractivity contribution in [1.82, 2.24) is 34.9 Å². The van der Waals surface area contributed by atoms with Crippen LogP contribution in [-0.4, -0.2) is 55.2 Å². The van der Waals surface area contributed by atoms with Crippen molar-refractivity contribution in [3.8, 4) is 11.3 Å². The summed E-state index contributed by atoms with van der Waals surface area (Å²) < 4.78 is 1.87. The predicted molar refractivity (Wildman–Crippen MR) is 113 cm³/mol. The van der Waals surface area contributed by atoms with Gasteiger partial charge in [0.15, 0.2) is 5.65 Å². The molecule has 0 unspecified atom stereocenters. The number of amides is 1. The predicted octanol–water partition coefficient (Wildman–Crippen LogP) is 2.80. The Morgan fingerprint density at radius 3 is 2.83 bits per heavy atom. The van der Waals surface area contributed by atoms with Gasteiger partial charge in [-0.05, 0) is 26.2 Å². The van der Waals surface area contributed by atoms with E-state index in [2.05, 4.69) is 33.4 Å². The second-order valence-electron chi connectivity index (χ2n) is 7.21. The lowest BCUT2D eigenvalue weighted by Crippen LogP contribution is -2.35. The average Bonchev–Trinajstić information content (AvgIpc) is 3.50. The summed E-state index contributed by atoms with van der Waals surface area (Å²) in [6.07, 6.45) is 12.6. The zero-order valence-electron chi connectivity index (χ0n) is 17.0. The van der Waals surface area contributed by atoms with Crippen molar-refractivity contribution in [2.75, 3.05) is 19.6 Å². The highest BCUT2D eigenvalue weighted by molar-refractivity contribution is 5.89. The van der Waals surface area contributed by atoms with Crippen LogP contribution in [0.25, 0.3) is 28.1 Å². The van der Waals surface area contributed by atoms with E-state index in [0.29, 0.717) is 0 Å². The molecule has 8 heteroatoms. The number of rotatable bonds is 7. The number of likely N-dealkylation sites (tertiary alicyclic amines) is 1. The maximum Gasteiger partial charge on any atom is 0.241 e. The van der Waals surface area contributed by atoms with E-state index in [4.69, 9.17) is 4.98 Å². The van der Waals surface area contributed by atoms with Crippen LogP contribution in [-0.2, 0) is 11.3 Å². The Morgan fingerprint density at radius 2 is 2.10 bits per heavy atom. The lowest BCUT2D eigenvalue weighted by molar-refractivity contribution is -0.128. The first-order chi connectivity index (χ1) is 14.2. The molecule has 1 fully saturated rings. The highest BCUT2D eigenvalue weighted by Gasteiger charge is 2.19. The number of nitrogens with zero attached hydrogens (tertiary/aromatic N) is 5. The Labute approximate surface area is 170 Å². The van der Waals surface area contributed by atoms with Gasteiger partial charge in [-0.25, -0.2) is 9.97 Å². The van der Waals surface area contributed by atoms with E-state index in [1.807, 2.05) is 28.9 Å². The van der Waals surface area contributed by atoms with Crippen LogP contribution >= 0.6 is 0 Å². The third kappa shape index (κ3) is 4.01. The molecule has 3 aromatic heterocycles. The van der Waals surface area contributed by atoms with Crippen LogP contribution in [0.5, 0.6) is 0 Å². The van der Waals surface area contributed by atoms with Crippen LogP contribution in [0.1, 0.15) is 38.7 Å². The minimum absolute atomic E-state index is 0.142. The number of aryl methyl sites for hydroxylation is 1. The summed E-state index contributed by atoms with van der Waals surface area (Å²) in [5.41, 5.74) is 5.05. The van der Waals surface area contributed by atoms with Crippen molar-refractivity contribution in [3.63, 3.8) is 0 Å². The molecule has 1 amide bonds. The van der Waals surface area contributed by atoms with Crippen LogP contribution in [0.2, 0.25) is 0 Å². The molecule has 2 N–H and O–H groups in total. The number of carbonyl (C=O) groups excluding carboxylic acids is 1. The Balaban J connectivity index is 1.60. The minimum Gasteiger partial charge on any atom is -0.376 e. The molecule has 1 aliphatic heterocycles. The maximum atomic E-state index is 12.4. The Kier molecular flexibility index (Phi) is 5.59. The molecule has 0 saturated carbocycles. The first kappa shape index (κ1) is 19.2. The van der Waals surface area contributed by atoms with Gasteiger partial charge in [0.2, 0.25) is 5.91 Å². The molecule has 0 spiro atoms. The molecule has 1 saturated heterocycles.